The lowest BCUT2D eigenvalue weighted by Gasteiger charge is -2.43. The third-order valence-electron chi connectivity index (χ3n) is 5.05. The van der Waals surface area contributed by atoms with Crippen LogP contribution in [-0.2, 0) is 5.41 Å². The van der Waals surface area contributed by atoms with Crippen LogP contribution in [0.25, 0.3) is 0 Å². The molecule has 0 N–H and O–H groups in total. The van der Waals surface area contributed by atoms with Crippen molar-refractivity contribution < 1.29 is 9.47 Å². The molecule has 0 spiro atoms. The Morgan fingerprint density at radius 3 is 2.50 bits per heavy atom. The first-order valence-corrected chi connectivity index (χ1v) is 7.46. The standard InChI is InChI=1S/C18H26O2/c1-6-18(10-9-13(2)11-14(18)3)15-7-8-16(19-4)17(12-15)20-5/h7-8,12,14H,2,6,9-11H2,1,3-5H3. The van der Waals surface area contributed by atoms with Gasteiger partial charge in [0.1, 0.15) is 0 Å². The van der Waals surface area contributed by atoms with Crippen molar-refractivity contribution in [3.63, 3.8) is 0 Å². The Labute approximate surface area is 122 Å². The van der Waals surface area contributed by atoms with Gasteiger partial charge in [0, 0.05) is 0 Å². The Morgan fingerprint density at radius 2 is 1.95 bits per heavy atom. The second kappa shape index (κ2) is 5.90. The highest BCUT2D eigenvalue weighted by Crippen LogP contribution is 2.48. The van der Waals surface area contributed by atoms with E-state index in [1.165, 1.54) is 17.6 Å². The van der Waals surface area contributed by atoms with Crippen molar-refractivity contribution in [3.8, 4) is 11.5 Å². The highest BCUT2D eigenvalue weighted by molar-refractivity contribution is 5.46. The predicted octanol–water partition coefficient (Wildman–Crippen LogP) is 4.73. The summed E-state index contributed by atoms with van der Waals surface area (Å²) in [7, 11) is 3.38. The molecule has 0 bridgehead atoms. The molecule has 2 atom stereocenters. The molecule has 1 aliphatic rings. The molecule has 0 amide bonds. The lowest BCUT2D eigenvalue weighted by Crippen LogP contribution is -2.36. The predicted molar refractivity (Wildman–Crippen MR) is 83.7 cm³/mol. The van der Waals surface area contributed by atoms with Crippen molar-refractivity contribution in [2.45, 2.75) is 44.9 Å². The van der Waals surface area contributed by atoms with E-state index in [9.17, 15) is 0 Å². The van der Waals surface area contributed by atoms with E-state index >= 15 is 0 Å². The van der Waals surface area contributed by atoms with Crippen LogP contribution in [0.2, 0.25) is 0 Å². The van der Waals surface area contributed by atoms with Crippen molar-refractivity contribution >= 4 is 0 Å². The number of ether oxygens (including phenoxy) is 2. The second-order valence-corrected chi connectivity index (χ2v) is 5.93. The van der Waals surface area contributed by atoms with Crippen molar-refractivity contribution in [3.05, 3.63) is 35.9 Å². The van der Waals surface area contributed by atoms with Crippen molar-refractivity contribution in [1.29, 1.82) is 0 Å². The van der Waals surface area contributed by atoms with E-state index in [-0.39, 0.29) is 5.41 Å². The Balaban J connectivity index is 2.43. The molecule has 2 nitrogen and oxygen atoms in total. The van der Waals surface area contributed by atoms with Crippen LogP contribution in [0.15, 0.2) is 30.4 Å². The van der Waals surface area contributed by atoms with Gasteiger partial charge in [-0.25, -0.2) is 0 Å². The number of hydrogen-bond donors (Lipinski definition) is 0. The molecule has 110 valence electrons. The summed E-state index contributed by atoms with van der Waals surface area (Å²) in [4.78, 5) is 0. The smallest absolute Gasteiger partial charge is 0.161 e. The van der Waals surface area contributed by atoms with E-state index in [1.807, 2.05) is 6.07 Å². The lowest BCUT2D eigenvalue weighted by molar-refractivity contribution is 0.224. The molecule has 0 radical (unpaired) electrons. The molecule has 1 aliphatic carbocycles. The molecule has 0 heterocycles. The number of rotatable bonds is 4. The highest BCUT2D eigenvalue weighted by Gasteiger charge is 2.39. The van der Waals surface area contributed by atoms with Gasteiger partial charge in [-0.2, -0.15) is 0 Å². The maximum Gasteiger partial charge on any atom is 0.161 e. The van der Waals surface area contributed by atoms with Gasteiger partial charge >= 0.3 is 0 Å². The Morgan fingerprint density at radius 1 is 1.25 bits per heavy atom. The zero-order valence-corrected chi connectivity index (χ0v) is 13.2. The van der Waals surface area contributed by atoms with Crippen LogP contribution < -0.4 is 9.47 Å². The molecule has 2 heteroatoms. The van der Waals surface area contributed by atoms with Gasteiger partial charge < -0.3 is 9.47 Å². The van der Waals surface area contributed by atoms with Gasteiger partial charge in [-0.1, -0.05) is 32.1 Å². The fourth-order valence-corrected chi connectivity index (χ4v) is 3.68. The zero-order valence-electron chi connectivity index (χ0n) is 13.2. The SMILES string of the molecule is C=C1CCC(CC)(c2ccc(OC)c(OC)c2)C(C)C1. The van der Waals surface area contributed by atoms with Crippen LogP contribution in [0.4, 0.5) is 0 Å². The van der Waals surface area contributed by atoms with Gasteiger partial charge in [-0.15, -0.1) is 0 Å². The molecule has 2 rings (SSSR count). The van der Waals surface area contributed by atoms with Crippen LogP contribution in [-0.4, -0.2) is 14.2 Å². The summed E-state index contributed by atoms with van der Waals surface area (Å²) in [6.07, 6.45) is 4.59. The van der Waals surface area contributed by atoms with E-state index in [0.29, 0.717) is 5.92 Å². The summed E-state index contributed by atoms with van der Waals surface area (Å²) in [5.41, 5.74) is 3.00. The molecule has 1 saturated carbocycles. The Kier molecular flexibility index (Phi) is 4.42. The van der Waals surface area contributed by atoms with Gasteiger partial charge in [0.15, 0.2) is 11.5 Å². The summed E-state index contributed by atoms with van der Waals surface area (Å²) < 4.78 is 10.8. The van der Waals surface area contributed by atoms with Gasteiger partial charge in [0.05, 0.1) is 14.2 Å². The monoisotopic (exact) mass is 274 g/mol. The number of benzene rings is 1. The number of allylic oxidation sites excluding steroid dienone is 1. The summed E-state index contributed by atoms with van der Waals surface area (Å²) >= 11 is 0. The summed E-state index contributed by atoms with van der Waals surface area (Å²) in [5, 5.41) is 0. The van der Waals surface area contributed by atoms with Crippen LogP contribution >= 0.6 is 0 Å². The first-order valence-electron chi connectivity index (χ1n) is 7.46. The van der Waals surface area contributed by atoms with Crippen LogP contribution in [0.1, 0.15) is 45.1 Å². The molecule has 20 heavy (non-hydrogen) atoms. The maximum atomic E-state index is 5.47. The number of hydrogen-bond acceptors (Lipinski definition) is 2. The summed E-state index contributed by atoms with van der Waals surface area (Å²) in [5.74, 6) is 2.25. The average molecular weight is 274 g/mol. The van der Waals surface area contributed by atoms with Crippen molar-refractivity contribution in [2.24, 2.45) is 5.92 Å². The molecule has 0 aromatic heterocycles. The third kappa shape index (κ3) is 2.44. The summed E-state index contributed by atoms with van der Waals surface area (Å²) in [6.45, 7) is 8.82. The minimum absolute atomic E-state index is 0.237. The van der Waals surface area contributed by atoms with Gasteiger partial charge in [-0.3, -0.25) is 0 Å². The van der Waals surface area contributed by atoms with Crippen molar-refractivity contribution in [1.82, 2.24) is 0 Å². The molecule has 1 aromatic rings. The molecule has 0 aliphatic heterocycles. The third-order valence-corrected chi connectivity index (χ3v) is 5.05. The fraction of sp³-hybridized carbons (Fsp3) is 0.556. The topological polar surface area (TPSA) is 18.5 Å². The van der Waals surface area contributed by atoms with E-state index in [1.54, 1.807) is 14.2 Å². The van der Waals surface area contributed by atoms with Gasteiger partial charge in [-0.05, 0) is 54.7 Å². The second-order valence-electron chi connectivity index (χ2n) is 5.93. The Bertz CT molecular complexity index is 492. The quantitative estimate of drug-likeness (QED) is 0.739. The summed E-state index contributed by atoms with van der Waals surface area (Å²) in [6, 6.07) is 6.39. The van der Waals surface area contributed by atoms with E-state index < -0.39 is 0 Å². The minimum atomic E-state index is 0.237. The first kappa shape index (κ1) is 15.0. The number of methoxy groups -OCH3 is 2. The van der Waals surface area contributed by atoms with Crippen LogP contribution in [0.5, 0.6) is 11.5 Å². The lowest BCUT2D eigenvalue weighted by atomic mass is 9.61. The minimum Gasteiger partial charge on any atom is -0.493 e. The zero-order chi connectivity index (χ0) is 14.8. The molecular weight excluding hydrogens is 248 g/mol. The molecule has 2 unspecified atom stereocenters. The molecule has 1 aromatic carbocycles. The highest BCUT2D eigenvalue weighted by atomic mass is 16.5. The van der Waals surface area contributed by atoms with Gasteiger partial charge in [0.25, 0.3) is 0 Å². The van der Waals surface area contributed by atoms with Crippen molar-refractivity contribution in [2.75, 3.05) is 14.2 Å². The van der Waals surface area contributed by atoms with Gasteiger partial charge in [0.2, 0.25) is 0 Å². The largest absolute Gasteiger partial charge is 0.493 e. The van der Waals surface area contributed by atoms with Crippen LogP contribution in [0, 0.1) is 5.92 Å². The van der Waals surface area contributed by atoms with Crippen LogP contribution in [0.3, 0.4) is 0 Å². The average Bonchev–Trinajstić information content (AvgIpc) is 2.47. The normalized spacial score (nSPS) is 26.4. The van der Waals surface area contributed by atoms with E-state index in [2.05, 4.69) is 32.6 Å². The molecule has 0 saturated heterocycles. The van der Waals surface area contributed by atoms with E-state index in [0.717, 1.165) is 30.8 Å². The molecule has 1 fully saturated rings. The first-order chi connectivity index (χ1) is 9.57. The maximum absolute atomic E-state index is 5.47. The Hall–Kier alpha value is -1.44. The van der Waals surface area contributed by atoms with E-state index in [4.69, 9.17) is 9.47 Å². The molecular formula is C18H26O2. The fourth-order valence-electron chi connectivity index (χ4n) is 3.68.